The van der Waals surface area contributed by atoms with Gasteiger partial charge in [0.05, 0.1) is 0 Å². The summed E-state index contributed by atoms with van der Waals surface area (Å²) in [5.74, 6) is -0.312. The highest BCUT2D eigenvalue weighted by Crippen LogP contribution is 2.28. The fourth-order valence-corrected chi connectivity index (χ4v) is 4.60. The smallest absolute Gasteiger partial charge is 0.369 e. The van der Waals surface area contributed by atoms with E-state index in [1.807, 2.05) is 13.0 Å². The van der Waals surface area contributed by atoms with Crippen molar-refractivity contribution in [1.82, 2.24) is 10.2 Å². The van der Waals surface area contributed by atoms with Gasteiger partial charge in [-0.15, -0.1) is 0 Å². The van der Waals surface area contributed by atoms with Crippen LogP contribution in [0.2, 0.25) is 5.02 Å². The van der Waals surface area contributed by atoms with E-state index in [9.17, 15) is 18.0 Å². The molecule has 1 amide bonds. The molecule has 1 aliphatic carbocycles. The van der Waals surface area contributed by atoms with Gasteiger partial charge in [0.1, 0.15) is 6.42 Å². The molecule has 1 aromatic carbocycles. The Morgan fingerprint density at radius 2 is 1.80 bits per heavy atom. The first-order valence-corrected chi connectivity index (χ1v) is 11.2. The summed E-state index contributed by atoms with van der Waals surface area (Å²) in [6, 6.07) is 6.12. The molecule has 1 aromatic rings. The maximum absolute atomic E-state index is 12.3. The third kappa shape index (κ3) is 7.05. The zero-order valence-corrected chi connectivity index (χ0v) is 18.2. The maximum atomic E-state index is 12.3. The molecular weight excluding hydrogens is 415 g/mol. The second-order valence-electron chi connectivity index (χ2n) is 8.63. The van der Waals surface area contributed by atoms with Crippen molar-refractivity contribution >= 4 is 23.2 Å². The van der Waals surface area contributed by atoms with Crippen molar-refractivity contribution in [2.45, 2.75) is 57.7 Å². The first-order chi connectivity index (χ1) is 14.2. The van der Waals surface area contributed by atoms with Crippen LogP contribution in [0.4, 0.5) is 18.9 Å². The molecule has 168 valence electrons. The topological polar surface area (TPSA) is 35.6 Å². The number of aryl methyl sites for hydroxylation is 1. The highest BCUT2D eigenvalue weighted by Gasteiger charge is 2.32. The molecule has 0 spiro atoms. The van der Waals surface area contributed by atoms with E-state index in [2.05, 4.69) is 27.2 Å². The summed E-state index contributed by atoms with van der Waals surface area (Å²) in [5, 5.41) is 3.35. The van der Waals surface area contributed by atoms with Gasteiger partial charge in [-0.1, -0.05) is 17.7 Å². The Labute approximate surface area is 181 Å². The number of carbonyl (C=O) groups is 1. The molecule has 0 bridgehead atoms. The predicted molar refractivity (Wildman–Crippen MR) is 114 cm³/mol. The summed E-state index contributed by atoms with van der Waals surface area (Å²) in [7, 11) is 0. The van der Waals surface area contributed by atoms with Crippen LogP contribution in [0.5, 0.6) is 0 Å². The Morgan fingerprint density at radius 3 is 2.40 bits per heavy atom. The van der Waals surface area contributed by atoms with Crippen LogP contribution in [0.1, 0.15) is 44.1 Å². The van der Waals surface area contributed by atoms with Crippen LogP contribution in [0.25, 0.3) is 0 Å². The third-order valence-electron chi connectivity index (χ3n) is 6.32. The lowest BCUT2D eigenvalue weighted by Crippen LogP contribution is -2.47. The zero-order valence-electron chi connectivity index (χ0n) is 17.5. The molecule has 1 saturated carbocycles. The van der Waals surface area contributed by atoms with Crippen LogP contribution in [0.3, 0.4) is 0 Å². The summed E-state index contributed by atoms with van der Waals surface area (Å²) >= 11 is 6.25. The molecule has 2 fully saturated rings. The van der Waals surface area contributed by atoms with E-state index in [-0.39, 0.29) is 6.04 Å². The molecule has 2 aliphatic rings. The monoisotopic (exact) mass is 445 g/mol. The number of hydrogen-bond acceptors (Lipinski definition) is 3. The zero-order chi connectivity index (χ0) is 21.7. The first kappa shape index (κ1) is 23.2. The number of amides is 1. The lowest BCUT2D eigenvalue weighted by molar-refractivity contribution is -0.154. The highest BCUT2D eigenvalue weighted by molar-refractivity contribution is 6.31. The van der Waals surface area contributed by atoms with Crippen molar-refractivity contribution in [2.24, 2.45) is 5.92 Å². The molecule has 4 nitrogen and oxygen atoms in total. The Kier molecular flexibility index (Phi) is 7.91. The number of piperazine rings is 1. The van der Waals surface area contributed by atoms with Crippen LogP contribution in [-0.4, -0.2) is 55.7 Å². The van der Waals surface area contributed by atoms with Gasteiger partial charge < -0.3 is 10.2 Å². The van der Waals surface area contributed by atoms with Gasteiger partial charge >= 0.3 is 6.18 Å². The minimum atomic E-state index is -4.43. The fraction of sp³-hybridized carbons (Fsp3) is 0.682. The van der Waals surface area contributed by atoms with E-state index in [4.69, 9.17) is 11.6 Å². The van der Waals surface area contributed by atoms with E-state index >= 15 is 0 Å². The van der Waals surface area contributed by atoms with Gasteiger partial charge in [0.2, 0.25) is 5.91 Å². The highest BCUT2D eigenvalue weighted by atomic mass is 35.5. The van der Waals surface area contributed by atoms with E-state index < -0.39 is 18.5 Å². The predicted octanol–water partition coefficient (Wildman–Crippen LogP) is 4.79. The van der Waals surface area contributed by atoms with Gasteiger partial charge in [0.15, 0.2) is 0 Å². The largest absolute Gasteiger partial charge is 0.397 e. The number of nitrogens with zero attached hydrogens (tertiary/aromatic N) is 2. The van der Waals surface area contributed by atoms with Crippen molar-refractivity contribution in [3.8, 4) is 0 Å². The van der Waals surface area contributed by atoms with Crippen LogP contribution < -0.4 is 10.2 Å². The molecule has 8 heteroatoms. The average Bonchev–Trinajstić information content (AvgIpc) is 2.68. The molecule has 3 rings (SSSR count). The van der Waals surface area contributed by atoms with E-state index in [1.165, 1.54) is 5.69 Å². The second kappa shape index (κ2) is 10.2. The minimum Gasteiger partial charge on any atom is -0.369 e. The Balaban J connectivity index is 1.33. The summed E-state index contributed by atoms with van der Waals surface area (Å²) < 4.78 is 36.8. The van der Waals surface area contributed by atoms with Gasteiger partial charge in [-0.25, -0.2) is 0 Å². The number of hydrogen-bond donors (Lipinski definition) is 1. The number of rotatable bonds is 6. The second-order valence-corrected chi connectivity index (χ2v) is 9.04. The van der Waals surface area contributed by atoms with Crippen molar-refractivity contribution in [3.05, 3.63) is 28.8 Å². The van der Waals surface area contributed by atoms with Crippen LogP contribution >= 0.6 is 11.6 Å². The Bertz CT molecular complexity index is 712. The molecule has 30 heavy (non-hydrogen) atoms. The SMILES string of the molecule is Cc1ccc(N2CCN(CC[C@H]3CC[C@H](NC(=O)CC(F)(F)F)CC3)CC2)cc1Cl. The van der Waals surface area contributed by atoms with E-state index in [0.717, 1.165) is 75.4 Å². The van der Waals surface area contributed by atoms with Crippen LogP contribution in [0.15, 0.2) is 18.2 Å². The Hall–Kier alpha value is -1.47. The normalized spacial score (nSPS) is 23.4. The average molecular weight is 446 g/mol. The van der Waals surface area contributed by atoms with Gasteiger partial charge in [0, 0.05) is 42.9 Å². The lowest BCUT2D eigenvalue weighted by Gasteiger charge is -2.37. The fourth-order valence-electron chi connectivity index (χ4n) is 4.43. The number of carbonyl (C=O) groups excluding carboxylic acids is 1. The Morgan fingerprint density at radius 1 is 1.13 bits per heavy atom. The summed E-state index contributed by atoms with van der Waals surface area (Å²) in [6.07, 6.45) is -1.21. The van der Waals surface area contributed by atoms with E-state index in [0.29, 0.717) is 5.92 Å². The van der Waals surface area contributed by atoms with E-state index in [1.54, 1.807) is 0 Å². The number of alkyl halides is 3. The van der Waals surface area contributed by atoms with Crippen molar-refractivity contribution in [3.63, 3.8) is 0 Å². The van der Waals surface area contributed by atoms with Crippen LogP contribution in [-0.2, 0) is 4.79 Å². The number of nitrogens with one attached hydrogen (secondary N) is 1. The van der Waals surface area contributed by atoms with Crippen LogP contribution in [0, 0.1) is 12.8 Å². The maximum Gasteiger partial charge on any atom is 0.397 e. The minimum absolute atomic E-state index is 0.110. The molecule has 1 N–H and O–H groups in total. The summed E-state index contributed by atoms with van der Waals surface area (Å²) in [4.78, 5) is 16.3. The molecule has 0 atom stereocenters. The number of anilines is 1. The summed E-state index contributed by atoms with van der Waals surface area (Å²) in [6.45, 7) is 7.07. The standard InChI is InChI=1S/C22H31ClF3N3O/c1-16-2-7-19(14-20(16)23)29-12-10-28(11-13-29)9-8-17-3-5-18(6-4-17)27-21(30)15-22(24,25)26/h2,7,14,17-18H,3-6,8-13,15H2,1H3,(H,27,30)/t17-,18-. The molecule has 0 aromatic heterocycles. The quantitative estimate of drug-likeness (QED) is 0.684. The number of benzene rings is 1. The molecule has 1 saturated heterocycles. The van der Waals surface area contributed by atoms with Crippen molar-refractivity contribution < 1.29 is 18.0 Å². The van der Waals surface area contributed by atoms with Gasteiger partial charge in [-0.2, -0.15) is 13.2 Å². The van der Waals surface area contributed by atoms with Gasteiger partial charge in [-0.3, -0.25) is 9.69 Å². The first-order valence-electron chi connectivity index (χ1n) is 10.8. The summed E-state index contributed by atoms with van der Waals surface area (Å²) in [5.41, 5.74) is 2.27. The molecule has 0 unspecified atom stereocenters. The van der Waals surface area contributed by atoms with Gasteiger partial charge in [0.25, 0.3) is 0 Å². The molecular formula is C22H31ClF3N3O. The number of halogens is 4. The van der Waals surface area contributed by atoms with Crippen molar-refractivity contribution in [2.75, 3.05) is 37.6 Å². The van der Waals surface area contributed by atoms with Gasteiger partial charge in [-0.05, 0) is 69.2 Å². The lowest BCUT2D eigenvalue weighted by atomic mass is 9.84. The molecule has 1 aliphatic heterocycles. The van der Waals surface area contributed by atoms with Crippen molar-refractivity contribution in [1.29, 1.82) is 0 Å². The molecule has 0 radical (unpaired) electrons. The molecule has 1 heterocycles. The third-order valence-corrected chi connectivity index (χ3v) is 6.73.